The summed E-state index contributed by atoms with van der Waals surface area (Å²) < 4.78 is 10.5. The zero-order valence-electron chi connectivity index (χ0n) is 14.8. The number of fused-ring (bicyclic) bond motifs is 1. The number of anilines is 1. The third-order valence-corrected chi connectivity index (χ3v) is 4.14. The molecule has 0 bridgehead atoms. The van der Waals surface area contributed by atoms with Crippen LogP contribution in [0.5, 0.6) is 11.5 Å². The van der Waals surface area contributed by atoms with Crippen molar-refractivity contribution in [3.8, 4) is 11.5 Å². The second kappa shape index (κ2) is 7.79. The van der Waals surface area contributed by atoms with Crippen LogP contribution in [0, 0.1) is 0 Å². The highest BCUT2D eigenvalue weighted by molar-refractivity contribution is 6.04. The van der Waals surface area contributed by atoms with Crippen molar-refractivity contribution in [1.82, 2.24) is 10.3 Å². The molecule has 28 heavy (non-hydrogen) atoms. The maximum atomic E-state index is 12.5. The van der Waals surface area contributed by atoms with Crippen molar-refractivity contribution in [1.29, 1.82) is 0 Å². The zero-order valence-corrected chi connectivity index (χ0v) is 14.8. The van der Waals surface area contributed by atoms with E-state index in [1.807, 2.05) is 30.3 Å². The van der Waals surface area contributed by atoms with Crippen LogP contribution in [0.2, 0.25) is 0 Å². The van der Waals surface area contributed by atoms with E-state index in [9.17, 15) is 9.59 Å². The molecule has 2 heterocycles. The minimum absolute atomic E-state index is 0.144. The van der Waals surface area contributed by atoms with E-state index in [0.717, 1.165) is 5.56 Å². The molecule has 7 nitrogen and oxygen atoms in total. The van der Waals surface area contributed by atoms with Crippen LogP contribution in [0.1, 0.15) is 26.5 Å². The Bertz CT molecular complexity index is 1020. The number of rotatable bonds is 5. The maximum absolute atomic E-state index is 12.5. The summed E-state index contributed by atoms with van der Waals surface area (Å²) in [5.74, 6) is 0.436. The normalized spacial score (nSPS) is 11.7. The molecule has 1 aromatic heterocycles. The molecule has 2 aromatic carbocycles. The number of hydrogen-bond acceptors (Lipinski definition) is 5. The molecule has 4 rings (SSSR count). The Labute approximate surface area is 161 Å². The minimum Gasteiger partial charge on any atom is -0.454 e. The fourth-order valence-corrected chi connectivity index (χ4v) is 2.73. The predicted molar refractivity (Wildman–Crippen MR) is 102 cm³/mol. The number of carbonyl (C=O) groups is 2. The molecule has 140 valence electrons. The van der Waals surface area contributed by atoms with Crippen LogP contribution in [0.25, 0.3) is 0 Å². The molecule has 0 aliphatic carbocycles. The quantitative estimate of drug-likeness (QED) is 0.716. The van der Waals surface area contributed by atoms with Gasteiger partial charge in [0.05, 0.1) is 0 Å². The van der Waals surface area contributed by atoms with Gasteiger partial charge in [-0.15, -0.1) is 0 Å². The van der Waals surface area contributed by atoms with Gasteiger partial charge in [0.1, 0.15) is 11.4 Å². The summed E-state index contributed by atoms with van der Waals surface area (Å²) in [5.41, 5.74) is 1.85. The van der Waals surface area contributed by atoms with Crippen LogP contribution >= 0.6 is 0 Å². The molecule has 0 fully saturated rings. The van der Waals surface area contributed by atoms with E-state index < -0.39 is 5.91 Å². The minimum atomic E-state index is -0.420. The highest BCUT2D eigenvalue weighted by Crippen LogP contribution is 2.34. The van der Waals surface area contributed by atoms with Gasteiger partial charge in [0.2, 0.25) is 6.79 Å². The summed E-state index contributed by atoms with van der Waals surface area (Å²) in [6, 6.07) is 19.4. The molecule has 0 unspecified atom stereocenters. The van der Waals surface area contributed by atoms with Crippen LogP contribution in [0.4, 0.5) is 5.69 Å². The summed E-state index contributed by atoms with van der Waals surface area (Å²) in [5, 5.41) is 5.54. The Morgan fingerprint density at radius 1 is 0.857 bits per heavy atom. The third-order valence-electron chi connectivity index (χ3n) is 4.14. The van der Waals surface area contributed by atoms with Gasteiger partial charge >= 0.3 is 0 Å². The number of amides is 2. The number of pyridine rings is 1. The van der Waals surface area contributed by atoms with Gasteiger partial charge in [-0.05, 0) is 29.8 Å². The SMILES string of the molecule is O=C(NCc1ccccc1)c1cccc(C(=O)Nc2ccc3c(c2)OCO3)n1. The lowest BCUT2D eigenvalue weighted by molar-refractivity contribution is 0.0945. The summed E-state index contributed by atoms with van der Waals surface area (Å²) in [4.78, 5) is 29.0. The zero-order chi connectivity index (χ0) is 19.3. The predicted octanol–water partition coefficient (Wildman–Crippen LogP) is 2.99. The van der Waals surface area contributed by atoms with E-state index in [-0.39, 0.29) is 24.1 Å². The Morgan fingerprint density at radius 2 is 1.61 bits per heavy atom. The second-order valence-electron chi connectivity index (χ2n) is 6.10. The van der Waals surface area contributed by atoms with Crippen molar-refractivity contribution in [2.75, 3.05) is 12.1 Å². The average molecular weight is 375 g/mol. The molecule has 3 aromatic rings. The first kappa shape index (κ1) is 17.5. The van der Waals surface area contributed by atoms with Gasteiger partial charge in [0.25, 0.3) is 11.8 Å². The van der Waals surface area contributed by atoms with Crippen LogP contribution < -0.4 is 20.1 Å². The van der Waals surface area contributed by atoms with E-state index in [0.29, 0.717) is 23.7 Å². The van der Waals surface area contributed by atoms with E-state index in [1.54, 1.807) is 36.4 Å². The smallest absolute Gasteiger partial charge is 0.274 e. The Kier molecular flexibility index (Phi) is 4.88. The molecule has 0 radical (unpaired) electrons. The van der Waals surface area contributed by atoms with Gasteiger partial charge in [0.15, 0.2) is 11.5 Å². The Balaban J connectivity index is 1.42. The standard InChI is InChI=1S/C21H17N3O4/c25-20(22-12-14-5-2-1-3-6-14)16-7-4-8-17(24-16)21(26)23-15-9-10-18-19(11-15)28-13-27-18/h1-11H,12-13H2,(H,22,25)(H,23,26). The van der Waals surface area contributed by atoms with Gasteiger partial charge in [-0.3, -0.25) is 9.59 Å². The van der Waals surface area contributed by atoms with Gasteiger partial charge < -0.3 is 20.1 Å². The van der Waals surface area contributed by atoms with Crippen molar-refractivity contribution in [2.45, 2.75) is 6.54 Å². The fraction of sp³-hybridized carbons (Fsp3) is 0.0952. The van der Waals surface area contributed by atoms with Gasteiger partial charge in [-0.1, -0.05) is 36.4 Å². The van der Waals surface area contributed by atoms with Gasteiger partial charge in [-0.2, -0.15) is 0 Å². The molecule has 0 spiro atoms. The van der Waals surface area contributed by atoms with E-state index >= 15 is 0 Å². The van der Waals surface area contributed by atoms with Crippen LogP contribution in [0.15, 0.2) is 66.7 Å². The molecule has 0 saturated carbocycles. The lowest BCUT2D eigenvalue weighted by Crippen LogP contribution is -2.25. The largest absolute Gasteiger partial charge is 0.454 e. The third kappa shape index (κ3) is 3.93. The summed E-state index contributed by atoms with van der Waals surface area (Å²) in [7, 11) is 0. The summed E-state index contributed by atoms with van der Waals surface area (Å²) in [6.45, 7) is 0.545. The monoisotopic (exact) mass is 375 g/mol. The first-order chi connectivity index (χ1) is 13.7. The lowest BCUT2D eigenvalue weighted by atomic mass is 10.2. The van der Waals surface area contributed by atoms with Crippen LogP contribution in [-0.4, -0.2) is 23.6 Å². The molecule has 0 saturated heterocycles. The summed E-state index contributed by atoms with van der Waals surface area (Å²) in [6.07, 6.45) is 0. The van der Waals surface area contributed by atoms with E-state index in [4.69, 9.17) is 9.47 Å². The maximum Gasteiger partial charge on any atom is 0.274 e. The first-order valence-electron chi connectivity index (χ1n) is 8.69. The van der Waals surface area contributed by atoms with Crippen LogP contribution in [-0.2, 0) is 6.54 Å². The van der Waals surface area contributed by atoms with Gasteiger partial charge in [-0.25, -0.2) is 4.98 Å². The lowest BCUT2D eigenvalue weighted by Gasteiger charge is -2.08. The molecule has 2 amide bonds. The highest BCUT2D eigenvalue weighted by Gasteiger charge is 2.16. The highest BCUT2D eigenvalue weighted by atomic mass is 16.7. The van der Waals surface area contributed by atoms with Crippen molar-refractivity contribution < 1.29 is 19.1 Å². The van der Waals surface area contributed by atoms with Crippen molar-refractivity contribution in [3.63, 3.8) is 0 Å². The number of nitrogens with zero attached hydrogens (tertiary/aromatic N) is 1. The Hall–Kier alpha value is -3.87. The number of carbonyl (C=O) groups excluding carboxylic acids is 2. The fourth-order valence-electron chi connectivity index (χ4n) is 2.73. The molecule has 1 aliphatic rings. The average Bonchev–Trinajstić information content (AvgIpc) is 3.21. The number of aromatic nitrogens is 1. The van der Waals surface area contributed by atoms with Gasteiger partial charge in [0, 0.05) is 18.3 Å². The second-order valence-corrected chi connectivity index (χ2v) is 6.10. The van der Waals surface area contributed by atoms with E-state index in [1.165, 1.54) is 0 Å². The molecule has 2 N–H and O–H groups in total. The van der Waals surface area contributed by atoms with Crippen molar-refractivity contribution in [3.05, 3.63) is 83.7 Å². The number of ether oxygens (including phenoxy) is 2. The van der Waals surface area contributed by atoms with E-state index in [2.05, 4.69) is 15.6 Å². The molecular weight excluding hydrogens is 358 g/mol. The first-order valence-corrected chi connectivity index (χ1v) is 8.69. The molecule has 0 atom stereocenters. The van der Waals surface area contributed by atoms with Crippen molar-refractivity contribution >= 4 is 17.5 Å². The molecule has 1 aliphatic heterocycles. The topological polar surface area (TPSA) is 89.6 Å². The van der Waals surface area contributed by atoms with Crippen LogP contribution in [0.3, 0.4) is 0 Å². The van der Waals surface area contributed by atoms with Crippen molar-refractivity contribution in [2.24, 2.45) is 0 Å². The summed E-state index contributed by atoms with van der Waals surface area (Å²) >= 11 is 0. The number of nitrogens with one attached hydrogen (secondary N) is 2. The molecule has 7 heteroatoms. The number of benzene rings is 2. The molecular formula is C21H17N3O4. The Morgan fingerprint density at radius 3 is 2.43 bits per heavy atom. The number of hydrogen-bond donors (Lipinski definition) is 2.